The van der Waals surface area contributed by atoms with Crippen LogP contribution in [-0.4, -0.2) is 80.4 Å². The molecule has 7 nitrogen and oxygen atoms in total. The van der Waals surface area contributed by atoms with E-state index in [4.69, 9.17) is 0 Å². The summed E-state index contributed by atoms with van der Waals surface area (Å²) in [5.41, 5.74) is 2.87. The van der Waals surface area contributed by atoms with Crippen molar-refractivity contribution in [1.82, 2.24) is 9.80 Å². The Balaban J connectivity index is 1.70. The average Bonchev–Trinajstić information content (AvgIpc) is 3.19. The summed E-state index contributed by atoms with van der Waals surface area (Å²) in [6, 6.07) is 4.73. The average molecular weight is 566 g/mol. The number of thioether (sulfide) groups is 1. The van der Waals surface area contributed by atoms with Crippen molar-refractivity contribution in [3.8, 4) is 0 Å². The van der Waals surface area contributed by atoms with Crippen molar-refractivity contribution in [2.24, 2.45) is 17.8 Å². The molecule has 0 aromatic heterocycles. The van der Waals surface area contributed by atoms with Crippen LogP contribution in [0.25, 0.3) is 0 Å². The summed E-state index contributed by atoms with van der Waals surface area (Å²) in [6.07, 6.45) is 9.81. The molecule has 1 aromatic carbocycles. The minimum atomic E-state index is -0.920. The lowest BCUT2D eigenvalue weighted by atomic mass is 9.74. The molecule has 1 aromatic rings. The Morgan fingerprint density at radius 1 is 1.02 bits per heavy atom. The van der Waals surface area contributed by atoms with E-state index in [1.165, 1.54) is 0 Å². The van der Waals surface area contributed by atoms with Gasteiger partial charge in [-0.25, -0.2) is 0 Å². The van der Waals surface area contributed by atoms with Crippen LogP contribution in [0.1, 0.15) is 51.7 Å². The van der Waals surface area contributed by atoms with Crippen LogP contribution in [0.2, 0.25) is 0 Å². The van der Waals surface area contributed by atoms with Gasteiger partial charge < -0.3 is 19.8 Å². The Morgan fingerprint density at radius 2 is 1.75 bits per heavy atom. The third kappa shape index (κ3) is 4.25. The van der Waals surface area contributed by atoms with E-state index in [2.05, 4.69) is 32.1 Å². The second kappa shape index (κ2) is 10.7. The lowest BCUT2D eigenvalue weighted by Gasteiger charge is -2.41. The van der Waals surface area contributed by atoms with E-state index in [9.17, 15) is 19.5 Å². The van der Waals surface area contributed by atoms with Gasteiger partial charge in [0.05, 0.1) is 29.2 Å². The van der Waals surface area contributed by atoms with Crippen LogP contribution in [0.5, 0.6) is 0 Å². The fourth-order valence-corrected chi connectivity index (χ4v) is 9.52. The molecule has 8 heteroatoms. The highest BCUT2D eigenvalue weighted by Gasteiger charge is 2.74. The van der Waals surface area contributed by atoms with Crippen LogP contribution in [-0.2, 0) is 14.4 Å². The van der Waals surface area contributed by atoms with Gasteiger partial charge in [0.15, 0.2) is 0 Å². The first-order valence-corrected chi connectivity index (χ1v) is 15.5. The van der Waals surface area contributed by atoms with Crippen molar-refractivity contribution in [2.45, 2.75) is 76.0 Å². The summed E-state index contributed by atoms with van der Waals surface area (Å²) in [5, 5.41) is 10.6. The Morgan fingerprint density at radius 3 is 2.42 bits per heavy atom. The fraction of sp³-hybridized carbons (Fsp3) is 0.594. The molecule has 5 rings (SSSR count). The number of fused-ring (bicyclic) bond motifs is 2. The number of anilines is 1. The Kier molecular flexibility index (Phi) is 7.72. The predicted molar refractivity (Wildman–Crippen MR) is 160 cm³/mol. The summed E-state index contributed by atoms with van der Waals surface area (Å²) in [4.78, 5) is 49.1. The Labute approximate surface area is 242 Å². The molecular formula is C32H43N3O4S. The second-order valence-electron chi connectivity index (χ2n) is 12.2. The number of hydrogen-bond donors (Lipinski definition) is 1. The van der Waals surface area contributed by atoms with E-state index in [1.807, 2.05) is 56.9 Å². The van der Waals surface area contributed by atoms with Gasteiger partial charge in [0.2, 0.25) is 11.8 Å². The maximum atomic E-state index is 14.8. The number of aliphatic hydroxyl groups is 1. The topological polar surface area (TPSA) is 81.2 Å². The minimum absolute atomic E-state index is 0.0155. The van der Waals surface area contributed by atoms with Crippen LogP contribution in [0.3, 0.4) is 0 Å². The summed E-state index contributed by atoms with van der Waals surface area (Å²) in [5.74, 6) is -1.66. The zero-order chi connectivity index (χ0) is 29.0. The monoisotopic (exact) mass is 565 g/mol. The molecule has 216 valence electrons. The van der Waals surface area contributed by atoms with Crippen molar-refractivity contribution in [1.29, 1.82) is 0 Å². The molecule has 0 bridgehead atoms. The number of hydrogen-bond acceptors (Lipinski definition) is 5. The van der Waals surface area contributed by atoms with Crippen LogP contribution in [0, 0.1) is 31.6 Å². The number of carbonyl (C=O) groups excluding carboxylic acids is 3. The fourth-order valence-electron chi connectivity index (χ4n) is 7.38. The molecule has 0 radical (unpaired) electrons. The molecule has 0 aliphatic carbocycles. The van der Waals surface area contributed by atoms with E-state index in [0.29, 0.717) is 19.6 Å². The summed E-state index contributed by atoms with van der Waals surface area (Å²) >= 11 is 1.60. The highest BCUT2D eigenvalue weighted by molar-refractivity contribution is 8.02. The highest BCUT2D eigenvalue weighted by atomic mass is 32.2. The number of aryl methyl sites for hydroxylation is 2. The quantitative estimate of drug-likeness (QED) is 0.504. The molecule has 2 fully saturated rings. The van der Waals surface area contributed by atoms with Crippen LogP contribution in [0.15, 0.2) is 42.5 Å². The first-order chi connectivity index (χ1) is 19.0. The molecule has 2 saturated heterocycles. The molecule has 40 heavy (non-hydrogen) atoms. The zero-order valence-electron chi connectivity index (χ0n) is 24.6. The first-order valence-electron chi connectivity index (χ1n) is 14.7. The van der Waals surface area contributed by atoms with Gasteiger partial charge in [0.1, 0.15) is 6.04 Å². The van der Waals surface area contributed by atoms with Crippen LogP contribution < -0.4 is 4.90 Å². The third-order valence-electron chi connectivity index (χ3n) is 9.57. The molecule has 1 unspecified atom stereocenters. The molecular weight excluding hydrogens is 522 g/mol. The number of rotatable bonds is 7. The zero-order valence-corrected chi connectivity index (χ0v) is 25.4. The first kappa shape index (κ1) is 28.9. The maximum absolute atomic E-state index is 14.8. The largest absolute Gasteiger partial charge is 0.394 e. The number of carbonyl (C=O) groups is 3. The van der Waals surface area contributed by atoms with Crippen LogP contribution in [0.4, 0.5) is 5.69 Å². The van der Waals surface area contributed by atoms with Gasteiger partial charge in [-0.1, -0.05) is 63.6 Å². The van der Waals surface area contributed by atoms with Gasteiger partial charge in [-0.3, -0.25) is 14.4 Å². The van der Waals surface area contributed by atoms with E-state index in [-0.39, 0.29) is 30.2 Å². The molecule has 1 N–H and O–H groups in total. The number of nitrogens with zero attached hydrogens (tertiary/aromatic N) is 3. The van der Waals surface area contributed by atoms with Crippen molar-refractivity contribution >= 4 is 35.2 Å². The second-order valence-corrected chi connectivity index (χ2v) is 14.0. The molecule has 3 amide bonds. The lowest BCUT2D eigenvalue weighted by Crippen LogP contribution is -2.58. The van der Waals surface area contributed by atoms with Crippen molar-refractivity contribution in [3.63, 3.8) is 0 Å². The van der Waals surface area contributed by atoms with Crippen molar-refractivity contribution in [3.05, 3.63) is 53.6 Å². The maximum Gasteiger partial charge on any atom is 0.251 e. The summed E-state index contributed by atoms with van der Waals surface area (Å²) in [6.45, 7) is 13.5. The van der Waals surface area contributed by atoms with Gasteiger partial charge >= 0.3 is 0 Å². The number of likely N-dealkylation sites (tertiary alicyclic amines) is 1. The Bertz CT molecular complexity index is 1260. The minimum Gasteiger partial charge on any atom is -0.394 e. The van der Waals surface area contributed by atoms with Crippen molar-refractivity contribution < 1.29 is 19.5 Å². The van der Waals surface area contributed by atoms with E-state index < -0.39 is 33.4 Å². The molecule has 1 spiro atoms. The van der Waals surface area contributed by atoms with Crippen molar-refractivity contribution in [2.75, 3.05) is 31.1 Å². The molecule has 0 saturated carbocycles. The summed E-state index contributed by atoms with van der Waals surface area (Å²) in [7, 11) is 0. The predicted octanol–water partition coefficient (Wildman–Crippen LogP) is 4.11. The Hall–Kier alpha value is -2.58. The lowest BCUT2D eigenvalue weighted by molar-refractivity contribution is -0.146. The van der Waals surface area contributed by atoms with Gasteiger partial charge in [0.25, 0.3) is 5.91 Å². The number of aliphatic hydroxyl groups excluding tert-OH is 1. The third-order valence-corrected chi connectivity index (χ3v) is 11.4. The standard InChI is InChI=1S/C32H43N3O4S/c1-7-15-33-16-9-13-31(6)25(28(33)37)26-29(38)35(24(19-36)21(4)8-2)27-30(39)34(17-10-14-32(26,27)40-31)23-18-20(3)11-12-22(23)5/h9-14,18,21,24-27,36H,7-8,15-17,19H2,1-6H3/t21-,24-,25+,26-,27?,31-,32-/m0/s1. The van der Waals surface area contributed by atoms with Gasteiger partial charge in [-0.2, -0.15) is 0 Å². The number of amides is 3. The van der Waals surface area contributed by atoms with Gasteiger partial charge in [-0.15, -0.1) is 11.8 Å². The molecule has 7 atom stereocenters. The van der Waals surface area contributed by atoms with E-state index in [0.717, 1.165) is 29.7 Å². The van der Waals surface area contributed by atoms with E-state index in [1.54, 1.807) is 21.6 Å². The van der Waals surface area contributed by atoms with E-state index >= 15 is 0 Å². The number of benzene rings is 1. The normalized spacial score (nSPS) is 33.0. The molecule has 4 aliphatic rings. The summed E-state index contributed by atoms with van der Waals surface area (Å²) < 4.78 is -1.55. The smallest absolute Gasteiger partial charge is 0.251 e. The molecule has 4 heterocycles. The van der Waals surface area contributed by atoms with Gasteiger partial charge in [0, 0.05) is 30.1 Å². The SMILES string of the molecule is CCCN1CC=C[C@]2(C)S[C@]34C=CCN(c5cc(C)ccc5C)C(=O)C3N([C@@H](CO)[C@@H](C)CC)C(=O)[C@@H]4[C@@H]2C1=O. The van der Waals surface area contributed by atoms with Gasteiger partial charge in [-0.05, 0) is 50.3 Å². The molecule has 4 aliphatic heterocycles. The van der Waals surface area contributed by atoms with Crippen LogP contribution >= 0.6 is 11.8 Å². The highest BCUT2D eigenvalue weighted by Crippen LogP contribution is 2.66.